The molecule has 1 amide bonds. The molecule has 1 heterocycles. The SMILES string of the molecule is CCOC(=O)c1c(NC(=O)CSc2ccc(OC)cc2)sc2c1CCCC2. The number of thioether (sulfide) groups is 1. The van der Waals surface area contributed by atoms with Crippen LogP contribution in [0.25, 0.3) is 0 Å². The van der Waals surface area contributed by atoms with E-state index in [9.17, 15) is 9.59 Å². The molecule has 1 aromatic carbocycles. The van der Waals surface area contributed by atoms with Gasteiger partial charge in [0.25, 0.3) is 0 Å². The van der Waals surface area contributed by atoms with Crippen molar-refractivity contribution in [3.63, 3.8) is 0 Å². The normalized spacial score (nSPS) is 13.0. The second-order valence-corrected chi connectivity index (χ2v) is 8.30. The molecule has 0 saturated heterocycles. The second kappa shape index (κ2) is 9.28. The largest absolute Gasteiger partial charge is 0.497 e. The lowest BCUT2D eigenvalue weighted by molar-refractivity contribution is -0.113. The maximum Gasteiger partial charge on any atom is 0.341 e. The number of thiophene rings is 1. The molecule has 0 fully saturated rings. The summed E-state index contributed by atoms with van der Waals surface area (Å²) in [5.41, 5.74) is 1.61. The fourth-order valence-electron chi connectivity index (χ4n) is 3.06. The number of fused-ring (bicyclic) bond motifs is 1. The third kappa shape index (κ3) is 4.84. The van der Waals surface area contributed by atoms with E-state index in [0.717, 1.165) is 41.9 Å². The molecule has 0 radical (unpaired) electrons. The number of hydrogen-bond donors (Lipinski definition) is 1. The summed E-state index contributed by atoms with van der Waals surface area (Å²) >= 11 is 2.96. The summed E-state index contributed by atoms with van der Waals surface area (Å²) in [6, 6.07) is 7.58. The summed E-state index contributed by atoms with van der Waals surface area (Å²) < 4.78 is 10.4. The van der Waals surface area contributed by atoms with Crippen LogP contribution < -0.4 is 10.1 Å². The van der Waals surface area contributed by atoms with E-state index in [1.807, 2.05) is 24.3 Å². The molecule has 27 heavy (non-hydrogen) atoms. The quantitative estimate of drug-likeness (QED) is 0.541. The third-order valence-electron chi connectivity index (χ3n) is 4.33. The van der Waals surface area contributed by atoms with Crippen molar-refractivity contribution in [3.05, 3.63) is 40.3 Å². The summed E-state index contributed by atoms with van der Waals surface area (Å²) in [7, 11) is 1.62. The molecule has 0 saturated carbocycles. The molecular formula is C20H23NO4S2. The van der Waals surface area contributed by atoms with Gasteiger partial charge >= 0.3 is 5.97 Å². The lowest BCUT2D eigenvalue weighted by Gasteiger charge is -2.12. The number of benzene rings is 1. The van der Waals surface area contributed by atoms with Crippen LogP contribution >= 0.6 is 23.1 Å². The lowest BCUT2D eigenvalue weighted by atomic mass is 9.95. The van der Waals surface area contributed by atoms with Crippen LogP contribution in [-0.2, 0) is 22.4 Å². The van der Waals surface area contributed by atoms with Gasteiger partial charge < -0.3 is 14.8 Å². The van der Waals surface area contributed by atoms with Gasteiger partial charge in [0.05, 0.1) is 25.0 Å². The number of carbonyl (C=O) groups is 2. The summed E-state index contributed by atoms with van der Waals surface area (Å²) in [4.78, 5) is 27.1. The fraction of sp³-hybridized carbons (Fsp3) is 0.400. The van der Waals surface area contributed by atoms with Gasteiger partial charge in [0.1, 0.15) is 10.8 Å². The van der Waals surface area contributed by atoms with Gasteiger partial charge in [0, 0.05) is 9.77 Å². The van der Waals surface area contributed by atoms with Gasteiger partial charge in [0.15, 0.2) is 0 Å². The van der Waals surface area contributed by atoms with Gasteiger partial charge in [-0.3, -0.25) is 4.79 Å². The van der Waals surface area contributed by atoms with E-state index in [4.69, 9.17) is 9.47 Å². The van der Waals surface area contributed by atoms with Gasteiger partial charge in [-0.05, 0) is 62.4 Å². The van der Waals surface area contributed by atoms with Gasteiger partial charge in [0.2, 0.25) is 5.91 Å². The highest BCUT2D eigenvalue weighted by molar-refractivity contribution is 8.00. The maximum atomic E-state index is 12.5. The molecule has 1 aromatic heterocycles. The van der Waals surface area contributed by atoms with E-state index in [-0.39, 0.29) is 17.6 Å². The van der Waals surface area contributed by atoms with E-state index in [1.54, 1.807) is 14.0 Å². The Balaban J connectivity index is 1.69. The van der Waals surface area contributed by atoms with Crippen molar-refractivity contribution >= 4 is 40.0 Å². The van der Waals surface area contributed by atoms with Crippen molar-refractivity contribution in [2.75, 3.05) is 24.8 Å². The first-order valence-corrected chi connectivity index (χ1v) is 10.8. The van der Waals surface area contributed by atoms with Crippen molar-refractivity contribution in [2.24, 2.45) is 0 Å². The lowest BCUT2D eigenvalue weighted by Crippen LogP contribution is -2.17. The zero-order valence-electron chi connectivity index (χ0n) is 15.5. The second-order valence-electron chi connectivity index (χ2n) is 6.15. The highest BCUT2D eigenvalue weighted by Gasteiger charge is 2.27. The van der Waals surface area contributed by atoms with Crippen molar-refractivity contribution in [1.29, 1.82) is 0 Å². The van der Waals surface area contributed by atoms with Crippen LogP contribution in [0.1, 0.15) is 40.6 Å². The Morgan fingerprint density at radius 3 is 2.63 bits per heavy atom. The Bertz CT molecular complexity index is 814. The van der Waals surface area contributed by atoms with Crippen LogP contribution in [0, 0.1) is 0 Å². The topological polar surface area (TPSA) is 64.6 Å². The molecule has 1 N–H and O–H groups in total. The first-order chi connectivity index (χ1) is 13.1. The predicted molar refractivity (Wildman–Crippen MR) is 109 cm³/mol. The Hall–Kier alpha value is -1.99. The van der Waals surface area contributed by atoms with Crippen LogP contribution in [-0.4, -0.2) is 31.3 Å². The Morgan fingerprint density at radius 1 is 1.19 bits per heavy atom. The number of nitrogens with one attached hydrogen (secondary N) is 1. The maximum absolute atomic E-state index is 12.5. The molecule has 0 atom stereocenters. The fourth-order valence-corrected chi connectivity index (χ4v) is 5.05. The molecule has 0 bridgehead atoms. The van der Waals surface area contributed by atoms with Gasteiger partial charge in [-0.2, -0.15) is 0 Å². The minimum atomic E-state index is -0.338. The molecule has 144 valence electrons. The predicted octanol–water partition coefficient (Wildman–Crippen LogP) is 4.54. The van der Waals surface area contributed by atoms with E-state index in [1.165, 1.54) is 28.0 Å². The van der Waals surface area contributed by atoms with Crippen LogP contribution in [0.5, 0.6) is 5.75 Å². The molecule has 5 nitrogen and oxygen atoms in total. The zero-order valence-corrected chi connectivity index (χ0v) is 17.1. The molecule has 2 aromatic rings. The Morgan fingerprint density at radius 2 is 1.93 bits per heavy atom. The smallest absolute Gasteiger partial charge is 0.341 e. The number of carbonyl (C=O) groups excluding carboxylic acids is 2. The summed E-state index contributed by atoms with van der Waals surface area (Å²) in [6.45, 7) is 2.12. The van der Waals surface area contributed by atoms with Crippen LogP contribution in [0.15, 0.2) is 29.2 Å². The number of aryl methyl sites for hydroxylation is 1. The van der Waals surface area contributed by atoms with Crippen LogP contribution in [0.4, 0.5) is 5.00 Å². The average Bonchev–Trinajstić information content (AvgIpc) is 3.04. The van der Waals surface area contributed by atoms with Gasteiger partial charge in [-0.15, -0.1) is 23.1 Å². The van der Waals surface area contributed by atoms with Gasteiger partial charge in [-0.1, -0.05) is 0 Å². The first-order valence-electron chi connectivity index (χ1n) is 9.00. The number of hydrogen-bond acceptors (Lipinski definition) is 6. The van der Waals surface area contributed by atoms with E-state index < -0.39 is 0 Å². The molecule has 7 heteroatoms. The molecule has 0 spiro atoms. The third-order valence-corrected chi connectivity index (χ3v) is 6.55. The molecule has 1 aliphatic rings. The summed E-state index contributed by atoms with van der Waals surface area (Å²) in [5, 5.41) is 3.56. The highest BCUT2D eigenvalue weighted by atomic mass is 32.2. The Kier molecular flexibility index (Phi) is 6.79. The summed E-state index contributed by atoms with van der Waals surface area (Å²) in [6.07, 6.45) is 4.02. The number of amides is 1. The first kappa shape index (κ1) is 19.8. The number of ether oxygens (including phenoxy) is 2. The molecular weight excluding hydrogens is 382 g/mol. The van der Waals surface area contributed by atoms with E-state index in [0.29, 0.717) is 17.2 Å². The van der Waals surface area contributed by atoms with E-state index in [2.05, 4.69) is 5.32 Å². The van der Waals surface area contributed by atoms with Crippen molar-refractivity contribution in [3.8, 4) is 5.75 Å². The Labute approximate surface area is 167 Å². The van der Waals surface area contributed by atoms with Crippen LogP contribution in [0.2, 0.25) is 0 Å². The standard InChI is InChI=1S/C20H23NO4S2/c1-3-25-20(23)18-15-6-4-5-7-16(15)27-19(18)21-17(22)12-26-14-10-8-13(24-2)9-11-14/h8-11H,3-7,12H2,1-2H3,(H,21,22). The summed E-state index contributed by atoms with van der Waals surface area (Å²) in [5.74, 6) is 0.596. The minimum absolute atomic E-state index is 0.125. The molecule has 0 aliphatic heterocycles. The highest BCUT2D eigenvalue weighted by Crippen LogP contribution is 2.38. The van der Waals surface area contributed by atoms with Gasteiger partial charge in [-0.25, -0.2) is 4.79 Å². The number of rotatable bonds is 7. The average molecular weight is 406 g/mol. The van der Waals surface area contributed by atoms with Crippen molar-refractivity contribution in [1.82, 2.24) is 0 Å². The molecule has 3 rings (SSSR count). The molecule has 0 unspecified atom stereocenters. The number of methoxy groups -OCH3 is 1. The number of esters is 1. The minimum Gasteiger partial charge on any atom is -0.497 e. The monoisotopic (exact) mass is 405 g/mol. The zero-order chi connectivity index (χ0) is 19.2. The molecule has 1 aliphatic carbocycles. The van der Waals surface area contributed by atoms with Crippen molar-refractivity contribution < 1.29 is 19.1 Å². The number of anilines is 1. The van der Waals surface area contributed by atoms with Crippen LogP contribution in [0.3, 0.4) is 0 Å². The van der Waals surface area contributed by atoms with E-state index >= 15 is 0 Å². The van der Waals surface area contributed by atoms with Crippen molar-refractivity contribution in [2.45, 2.75) is 37.5 Å².